The molecule has 0 bridgehead atoms. The highest BCUT2D eigenvalue weighted by Gasteiger charge is 2.28. The molecule has 174 valence electrons. The maximum atomic E-state index is 13.5. The first kappa shape index (κ1) is 24.3. The van der Waals surface area contributed by atoms with E-state index in [1.807, 2.05) is 64.1 Å². The van der Waals surface area contributed by atoms with E-state index in [2.05, 4.69) is 5.32 Å². The van der Waals surface area contributed by atoms with Gasteiger partial charge in [-0.05, 0) is 69.2 Å². The monoisotopic (exact) mass is 466 g/mol. The molecule has 0 aromatic heterocycles. The van der Waals surface area contributed by atoms with Crippen LogP contribution in [0.4, 0.5) is 5.69 Å². The third kappa shape index (κ3) is 5.93. The van der Waals surface area contributed by atoms with E-state index in [-0.39, 0.29) is 17.5 Å². The molecule has 33 heavy (non-hydrogen) atoms. The molecule has 7 heteroatoms. The second-order valence-electron chi connectivity index (χ2n) is 7.90. The number of para-hydroxylation sites is 1. The van der Waals surface area contributed by atoms with Crippen LogP contribution >= 0.6 is 0 Å². The van der Waals surface area contributed by atoms with Crippen molar-refractivity contribution in [2.45, 2.75) is 38.6 Å². The number of ether oxygens (including phenoxy) is 1. The van der Waals surface area contributed by atoms with Gasteiger partial charge in [0.25, 0.3) is 10.0 Å². The van der Waals surface area contributed by atoms with Gasteiger partial charge in [-0.2, -0.15) is 0 Å². The Morgan fingerprint density at radius 3 is 2.21 bits per heavy atom. The summed E-state index contributed by atoms with van der Waals surface area (Å²) >= 11 is 0. The minimum Gasteiger partial charge on any atom is -0.494 e. The highest BCUT2D eigenvalue weighted by molar-refractivity contribution is 7.92. The summed E-state index contributed by atoms with van der Waals surface area (Å²) in [5, 5.41) is 2.91. The molecule has 0 radical (unpaired) electrons. The van der Waals surface area contributed by atoms with Gasteiger partial charge in [-0.3, -0.25) is 9.10 Å². The van der Waals surface area contributed by atoms with Crippen molar-refractivity contribution < 1.29 is 17.9 Å². The number of anilines is 1. The number of benzene rings is 3. The van der Waals surface area contributed by atoms with Crippen LogP contribution in [-0.2, 0) is 14.8 Å². The van der Waals surface area contributed by atoms with Crippen molar-refractivity contribution in [3.8, 4) is 5.75 Å². The predicted molar refractivity (Wildman–Crippen MR) is 131 cm³/mol. The largest absolute Gasteiger partial charge is 0.494 e. The fourth-order valence-corrected chi connectivity index (χ4v) is 4.99. The van der Waals surface area contributed by atoms with Gasteiger partial charge in [0, 0.05) is 0 Å². The number of nitrogens with zero attached hydrogens (tertiary/aromatic N) is 1. The zero-order valence-electron chi connectivity index (χ0n) is 19.4. The van der Waals surface area contributed by atoms with Gasteiger partial charge in [-0.1, -0.05) is 48.0 Å². The van der Waals surface area contributed by atoms with Crippen LogP contribution in [-0.4, -0.2) is 27.5 Å². The number of hydrogen-bond donors (Lipinski definition) is 1. The van der Waals surface area contributed by atoms with Crippen LogP contribution in [0.2, 0.25) is 0 Å². The van der Waals surface area contributed by atoms with Crippen molar-refractivity contribution in [3.63, 3.8) is 0 Å². The van der Waals surface area contributed by atoms with Crippen molar-refractivity contribution in [2.24, 2.45) is 0 Å². The smallest absolute Gasteiger partial charge is 0.264 e. The fourth-order valence-electron chi connectivity index (χ4n) is 3.50. The lowest BCUT2D eigenvalue weighted by Crippen LogP contribution is -2.41. The molecule has 1 atom stereocenters. The lowest BCUT2D eigenvalue weighted by Gasteiger charge is -2.26. The first-order valence-electron chi connectivity index (χ1n) is 10.9. The van der Waals surface area contributed by atoms with Crippen molar-refractivity contribution in [2.75, 3.05) is 17.5 Å². The summed E-state index contributed by atoms with van der Waals surface area (Å²) in [7, 11) is -3.94. The summed E-state index contributed by atoms with van der Waals surface area (Å²) in [6, 6.07) is 20.9. The summed E-state index contributed by atoms with van der Waals surface area (Å²) in [6.45, 7) is 7.75. The lowest BCUT2D eigenvalue weighted by atomic mass is 10.1. The molecular weight excluding hydrogens is 436 g/mol. The van der Waals surface area contributed by atoms with E-state index in [0.29, 0.717) is 12.3 Å². The van der Waals surface area contributed by atoms with Crippen LogP contribution in [0.5, 0.6) is 5.75 Å². The minimum absolute atomic E-state index is 0.142. The number of carbonyl (C=O) groups is 1. The van der Waals surface area contributed by atoms with E-state index in [9.17, 15) is 13.2 Å². The highest BCUT2D eigenvalue weighted by Crippen LogP contribution is 2.27. The second-order valence-corrected chi connectivity index (χ2v) is 9.76. The topological polar surface area (TPSA) is 75.7 Å². The summed E-state index contributed by atoms with van der Waals surface area (Å²) in [5.41, 5.74) is 3.09. The molecule has 3 aromatic rings. The molecular formula is C26H30N2O4S. The van der Waals surface area contributed by atoms with Gasteiger partial charge in [0.1, 0.15) is 12.3 Å². The second kappa shape index (κ2) is 10.5. The van der Waals surface area contributed by atoms with Crippen molar-refractivity contribution in [3.05, 3.63) is 89.5 Å². The van der Waals surface area contributed by atoms with Crippen molar-refractivity contribution in [1.29, 1.82) is 0 Å². The Kier molecular flexibility index (Phi) is 7.76. The quantitative estimate of drug-likeness (QED) is 0.493. The third-order valence-electron chi connectivity index (χ3n) is 5.35. The molecule has 0 aliphatic rings. The minimum atomic E-state index is -3.94. The number of hydrogen-bond acceptors (Lipinski definition) is 4. The van der Waals surface area contributed by atoms with E-state index in [1.165, 1.54) is 4.31 Å². The van der Waals surface area contributed by atoms with Crippen LogP contribution in [0.3, 0.4) is 0 Å². The average molecular weight is 467 g/mol. The maximum Gasteiger partial charge on any atom is 0.264 e. The Morgan fingerprint density at radius 2 is 1.61 bits per heavy atom. The van der Waals surface area contributed by atoms with Crippen LogP contribution < -0.4 is 14.4 Å². The van der Waals surface area contributed by atoms with E-state index in [0.717, 1.165) is 22.4 Å². The van der Waals surface area contributed by atoms with Gasteiger partial charge in [0.15, 0.2) is 0 Å². The van der Waals surface area contributed by atoms with Crippen LogP contribution in [0.25, 0.3) is 0 Å². The Morgan fingerprint density at radius 1 is 0.970 bits per heavy atom. The maximum absolute atomic E-state index is 13.5. The summed E-state index contributed by atoms with van der Waals surface area (Å²) < 4.78 is 33.7. The van der Waals surface area contributed by atoms with Gasteiger partial charge in [-0.25, -0.2) is 8.42 Å². The Balaban J connectivity index is 1.85. The molecule has 1 amide bonds. The fraction of sp³-hybridized carbons (Fsp3) is 0.269. The number of rotatable bonds is 9. The number of nitrogens with one attached hydrogen (secondary N) is 1. The molecule has 0 heterocycles. The SMILES string of the molecule is CCOc1ccc([C@@H](C)NC(=O)CN(c2ccccc2C)S(=O)(=O)c2ccc(C)cc2)cc1. The van der Waals surface area contributed by atoms with Crippen molar-refractivity contribution >= 4 is 21.6 Å². The average Bonchev–Trinajstić information content (AvgIpc) is 2.79. The zero-order valence-corrected chi connectivity index (χ0v) is 20.2. The molecule has 0 spiro atoms. The van der Waals surface area contributed by atoms with Crippen LogP contribution in [0, 0.1) is 13.8 Å². The Labute approximate surface area is 196 Å². The van der Waals surface area contributed by atoms with E-state index >= 15 is 0 Å². The van der Waals surface area contributed by atoms with E-state index < -0.39 is 15.9 Å². The highest BCUT2D eigenvalue weighted by atomic mass is 32.2. The summed E-state index contributed by atoms with van der Waals surface area (Å²) in [6.07, 6.45) is 0. The first-order valence-corrected chi connectivity index (χ1v) is 12.3. The van der Waals surface area contributed by atoms with Gasteiger partial charge in [-0.15, -0.1) is 0 Å². The number of aryl methyl sites for hydroxylation is 2. The molecule has 3 aromatic carbocycles. The molecule has 0 fully saturated rings. The molecule has 0 unspecified atom stereocenters. The van der Waals surface area contributed by atoms with Crippen LogP contribution in [0.15, 0.2) is 77.7 Å². The number of sulfonamides is 1. The standard InChI is InChI=1S/C26H30N2O4S/c1-5-32-23-14-12-22(13-15-23)21(4)27-26(29)18-28(25-9-7-6-8-20(25)3)33(30,31)24-16-10-19(2)11-17-24/h6-17,21H,5,18H2,1-4H3,(H,27,29)/t21-/m1/s1. The van der Waals surface area contributed by atoms with Gasteiger partial charge in [0.05, 0.1) is 23.2 Å². The van der Waals surface area contributed by atoms with Crippen LogP contribution in [0.1, 0.15) is 36.6 Å². The Hall–Kier alpha value is -3.32. The molecule has 0 saturated carbocycles. The predicted octanol–water partition coefficient (Wildman–Crippen LogP) is 4.77. The van der Waals surface area contributed by atoms with Gasteiger partial charge < -0.3 is 10.1 Å². The molecule has 0 aliphatic heterocycles. The first-order chi connectivity index (χ1) is 15.7. The zero-order chi connectivity index (χ0) is 24.0. The Bertz CT molecular complexity index is 1190. The summed E-state index contributed by atoms with van der Waals surface area (Å²) in [4.78, 5) is 13.1. The molecule has 1 N–H and O–H groups in total. The lowest BCUT2D eigenvalue weighted by molar-refractivity contribution is -0.120. The molecule has 3 rings (SSSR count). The van der Waals surface area contributed by atoms with Crippen molar-refractivity contribution in [1.82, 2.24) is 5.32 Å². The number of amides is 1. The molecule has 0 aliphatic carbocycles. The third-order valence-corrected chi connectivity index (χ3v) is 7.12. The van der Waals surface area contributed by atoms with Gasteiger partial charge >= 0.3 is 0 Å². The van der Waals surface area contributed by atoms with Gasteiger partial charge in [0.2, 0.25) is 5.91 Å². The normalized spacial score (nSPS) is 12.1. The number of carbonyl (C=O) groups excluding carboxylic acids is 1. The molecule has 0 saturated heterocycles. The molecule has 6 nitrogen and oxygen atoms in total. The summed E-state index contributed by atoms with van der Waals surface area (Å²) in [5.74, 6) is 0.366. The van der Waals surface area contributed by atoms with E-state index in [4.69, 9.17) is 4.74 Å². The van der Waals surface area contributed by atoms with E-state index in [1.54, 1.807) is 36.4 Å².